The predicted molar refractivity (Wildman–Crippen MR) is 218 cm³/mol. The van der Waals surface area contributed by atoms with Gasteiger partial charge in [-0.05, 0) is 65.8 Å². The molecule has 2 aromatic carbocycles. The summed E-state index contributed by atoms with van der Waals surface area (Å²) in [6.07, 6.45) is -1.04. The minimum atomic E-state index is -0.624. The molecule has 0 fully saturated rings. The van der Waals surface area contributed by atoms with Crippen molar-refractivity contribution in [2.75, 3.05) is 24.7 Å². The number of rotatable bonds is 9. The average molecular weight is 803 g/mol. The van der Waals surface area contributed by atoms with E-state index >= 15 is 0 Å². The Balaban J connectivity index is 0.000000316. The lowest BCUT2D eigenvalue weighted by Crippen LogP contribution is -2.48. The van der Waals surface area contributed by atoms with E-state index in [2.05, 4.69) is 57.5 Å². The monoisotopic (exact) mass is 802 g/mol. The van der Waals surface area contributed by atoms with Gasteiger partial charge in [0.2, 0.25) is 0 Å². The van der Waals surface area contributed by atoms with Crippen molar-refractivity contribution in [1.82, 2.24) is 20.9 Å². The first-order valence-electron chi connectivity index (χ1n) is 18.0. The highest BCUT2D eigenvalue weighted by molar-refractivity contribution is 8.00. The number of hydrogen-bond donors (Lipinski definition) is 4. The van der Waals surface area contributed by atoms with Crippen LogP contribution in [0.25, 0.3) is 0 Å². The van der Waals surface area contributed by atoms with Crippen molar-refractivity contribution in [3.8, 4) is 0 Å². The molecule has 0 radical (unpaired) electrons. The lowest BCUT2D eigenvalue weighted by Gasteiger charge is -2.28. The molecule has 4 rings (SSSR count). The molecule has 2 atom stereocenters. The van der Waals surface area contributed by atoms with Gasteiger partial charge in [0, 0.05) is 21.0 Å². The van der Waals surface area contributed by atoms with Crippen LogP contribution in [0.3, 0.4) is 0 Å². The summed E-state index contributed by atoms with van der Waals surface area (Å²) in [5, 5.41) is 16.9. The third kappa shape index (κ3) is 17.1. The second-order valence-electron chi connectivity index (χ2n) is 16.8. The number of thioether (sulfide) groups is 2. The molecule has 0 aliphatic carbocycles. The number of imide groups is 2. The zero-order valence-electron chi connectivity index (χ0n) is 34.1. The number of nitrogens with zero attached hydrogens (tertiary/aromatic N) is 1. The zero-order chi connectivity index (χ0) is 41.9. The van der Waals surface area contributed by atoms with Gasteiger partial charge in [-0.3, -0.25) is 29.4 Å². The Kier molecular flexibility index (Phi) is 16.8. The van der Waals surface area contributed by atoms with Gasteiger partial charge in [0.15, 0.2) is 0 Å². The maximum atomic E-state index is 12.6. The van der Waals surface area contributed by atoms with Gasteiger partial charge in [0.1, 0.15) is 11.2 Å². The van der Waals surface area contributed by atoms with E-state index in [1.807, 2.05) is 20.8 Å². The number of fused-ring (bicyclic) bond motifs is 2. The van der Waals surface area contributed by atoms with Gasteiger partial charge >= 0.3 is 12.2 Å². The van der Waals surface area contributed by atoms with Crippen molar-refractivity contribution < 1.29 is 43.3 Å². The number of nitrogens with one attached hydrogen (secondary N) is 3. The number of hydrogen-bond acceptors (Lipinski definition) is 11. The normalized spacial score (nSPS) is 15.0. The Morgan fingerprint density at radius 2 is 0.982 bits per heavy atom. The van der Waals surface area contributed by atoms with Crippen molar-refractivity contribution in [3.05, 3.63) is 70.8 Å². The van der Waals surface area contributed by atoms with Crippen LogP contribution in [0.4, 0.5) is 9.59 Å². The van der Waals surface area contributed by atoms with Crippen molar-refractivity contribution in [1.29, 1.82) is 0 Å². The molecule has 2 aliphatic rings. The van der Waals surface area contributed by atoms with Crippen molar-refractivity contribution >= 4 is 59.3 Å². The molecule has 2 aliphatic heterocycles. The molecule has 2 heterocycles. The molecule has 0 saturated heterocycles. The summed E-state index contributed by atoms with van der Waals surface area (Å²) >= 11 is 3.35. The highest BCUT2D eigenvalue weighted by Crippen LogP contribution is 2.27. The van der Waals surface area contributed by atoms with Gasteiger partial charge in [0.05, 0.1) is 47.5 Å². The van der Waals surface area contributed by atoms with Crippen LogP contribution in [0.5, 0.6) is 0 Å². The molecule has 0 aromatic heterocycles. The standard InChI is InChI=1S/C20H28N2O4S.C12H25NO3S.C8H5NO2/c1-19(2,3)26-18(25)21-13(12-27-20(4,5)6)11-22-16(23)14-9-7-8-10-15(14)17(22)24;1-11(2,3)16-10(15)13-9(7-14)8-17-12(4,5)6;10-7-5-3-1-2-4-6(5)8(11)9-7/h7-10,13H,11-12H2,1-6H3,(H,21,25);9,14H,7-8H2,1-6H3,(H,13,15);1-4H,(H,9,10,11)/t13-;9-;/m00./s1. The molecule has 13 nitrogen and oxygen atoms in total. The molecule has 304 valence electrons. The molecule has 4 N–H and O–H groups in total. The number of amides is 6. The van der Waals surface area contributed by atoms with Gasteiger partial charge in [-0.25, -0.2) is 9.59 Å². The molecule has 0 spiro atoms. The Labute approximate surface area is 333 Å². The molecule has 0 unspecified atom stereocenters. The van der Waals surface area contributed by atoms with E-state index in [0.29, 0.717) is 33.8 Å². The number of aliphatic hydroxyl groups is 1. The van der Waals surface area contributed by atoms with Crippen molar-refractivity contribution in [2.45, 2.75) is 116 Å². The van der Waals surface area contributed by atoms with Crippen LogP contribution < -0.4 is 16.0 Å². The summed E-state index contributed by atoms with van der Waals surface area (Å²) in [6.45, 7) is 23.3. The zero-order valence-corrected chi connectivity index (χ0v) is 35.7. The Hall–Kier alpha value is -4.08. The molecule has 55 heavy (non-hydrogen) atoms. The first kappa shape index (κ1) is 47.1. The molecule has 15 heteroatoms. The van der Waals surface area contributed by atoms with Crippen LogP contribution in [0.1, 0.15) is 125 Å². The Morgan fingerprint density at radius 3 is 1.33 bits per heavy atom. The van der Waals surface area contributed by atoms with Gasteiger partial charge < -0.3 is 25.2 Å². The fraction of sp³-hybridized carbons (Fsp3) is 0.550. The van der Waals surface area contributed by atoms with Gasteiger partial charge in [0.25, 0.3) is 23.6 Å². The maximum Gasteiger partial charge on any atom is 0.407 e. The first-order valence-corrected chi connectivity index (χ1v) is 19.9. The highest BCUT2D eigenvalue weighted by Gasteiger charge is 2.37. The quantitative estimate of drug-likeness (QED) is 0.199. The van der Waals surface area contributed by atoms with E-state index in [4.69, 9.17) is 9.47 Å². The van der Waals surface area contributed by atoms with Gasteiger partial charge in [-0.2, -0.15) is 23.5 Å². The minimum Gasteiger partial charge on any atom is -0.444 e. The molecular formula is C40H58N4O9S2. The Morgan fingerprint density at radius 1 is 0.636 bits per heavy atom. The maximum absolute atomic E-state index is 12.6. The summed E-state index contributed by atoms with van der Waals surface area (Å²) in [4.78, 5) is 72.0. The predicted octanol–water partition coefficient (Wildman–Crippen LogP) is 6.68. The lowest BCUT2D eigenvalue weighted by atomic mass is 10.1. The van der Waals surface area contributed by atoms with Crippen molar-refractivity contribution in [2.24, 2.45) is 0 Å². The number of aliphatic hydroxyl groups excluding tert-OH is 1. The van der Waals surface area contributed by atoms with E-state index in [0.717, 1.165) is 0 Å². The summed E-state index contributed by atoms with van der Waals surface area (Å²) in [5.74, 6) is -0.0362. The van der Waals surface area contributed by atoms with Crippen LogP contribution in [0.15, 0.2) is 48.5 Å². The van der Waals surface area contributed by atoms with Gasteiger partial charge in [-0.15, -0.1) is 0 Å². The smallest absolute Gasteiger partial charge is 0.407 e. The van der Waals surface area contributed by atoms with E-state index in [-0.39, 0.29) is 52.3 Å². The SMILES string of the molecule is CC(C)(C)OC(=O)N[C@@H](CO)CSC(C)(C)C.CC(C)(C)OC(=O)N[C@H](CSC(C)(C)C)CN1C(=O)c2ccccc2C1=O.O=C1NC(=O)c2ccccc21. The summed E-state index contributed by atoms with van der Waals surface area (Å²) in [5.41, 5.74) is 0.613. The van der Waals surface area contributed by atoms with Gasteiger partial charge in [-0.1, -0.05) is 65.8 Å². The first-order chi connectivity index (χ1) is 25.2. The molecule has 0 saturated carbocycles. The minimum absolute atomic E-state index is 0.0180. The fourth-order valence-corrected chi connectivity index (χ4v) is 6.45. The Bertz CT molecular complexity index is 1620. The number of ether oxygens (including phenoxy) is 2. The number of carbonyl (C=O) groups excluding carboxylic acids is 6. The lowest BCUT2D eigenvalue weighted by molar-refractivity contribution is 0.0474. The van der Waals surface area contributed by atoms with Crippen LogP contribution in [-0.4, -0.2) is 103 Å². The van der Waals surface area contributed by atoms with E-state index in [1.165, 1.54) is 4.90 Å². The second kappa shape index (κ2) is 19.7. The molecular weight excluding hydrogens is 745 g/mol. The average Bonchev–Trinajstić information content (AvgIpc) is 3.47. The van der Waals surface area contributed by atoms with E-state index in [1.54, 1.807) is 92.8 Å². The van der Waals surface area contributed by atoms with Crippen molar-refractivity contribution in [3.63, 3.8) is 0 Å². The topological polar surface area (TPSA) is 180 Å². The number of benzene rings is 2. The molecule has 0 bridgehead atoms. The molecule has 6 amide bonds. The number of alkyl carbamates (subject to hydrolysis) is 2. The number of carbonyl (C=O) groups is 6. The van der Waals surface area contributed by atoms with Crippen LogP contribution in [-0.2, 0) is 9.47 Å². The van der Waals surface area contributed by atoms with Crippen LogP contribution in [0, 0.1) is 0 Å². The second-order valence-corrected chi connectivity index (χ2v) is 20.5. The fourth-order valence-electron chi connectivity index (χ4n) is 4.67. The largest absolute Gasteiger partial charge is 0.444 e. The van der Waals surface area contributed by atoms with Crippen LogP contribution >= 0.6 is 23.5 Å². The summed E-state index contributed by atoms with van der Waals surface area (Å²) < 4.78 is 10.6. The third-order valence-electron chi connectivity index (χ3n) is 7.02. The third-order valence-corrected chi connectivity index (χ3v) is 9.89. The van der Waals surface area contributed by atoms with E-state index in [9.17, 15) is 33.9 Å². The summed E-state index contributed by atoms with van der Waals surface area (Å²) in [6, 6.07) is 12.8. The summed E-state index contributed by atoms with van der Waals surface area (Å²) in [7, 11) is 0. The van der Waals surface area contributed by atoms with Crippen LogP contribution in [0.2, 0.25) is 0 Å². The molecule has 2 aromatic rings. The van der Waals surface area contributed by atoms with E-state index < -0.39 is 29.4 Å². The highest BCUT2D eigenvalue weighted by atomic mass is 32.2.